The van der Waals surface area contributed by atoms with Crippen molar-refractivity contribution in [3.05, 3.63) is 28.3 Å². The van der Waals surface area contributed by atoms with Gasteiger partial charge in [-0.15, -0.1) is 0 Å². The predicted molar refractivity (Wildman–Crippen MR) is 80.2 cm³/mol. The molecule has 1 rings (SSSR count). The topological polar surface area (TPSA) is 119 Å². The molecule has 0 heterocycles. The summed E-state index contributed by atoms with van der Waals surface area (Å²) < 4.78 is 26.4. The van der Waals surface area contributed by atoms with E-state index in [0.717, 1.165) is 6.07 Å². The highest BCUT2D eigenvalue weighted by Crippen LogP contribution is 2.28. The van der Waals surface area contributed by atoms with Gasteiger partial charge < -0.3 is 5.43 Å². The molecule has 118 valence electrons. The Kier molecular flexibility index (Phi) is 5.64. The second-order valence-electron chi connectivity index (χ2n) is 4.93. The molecule has 9 heteroatoms. The van der Waals surface area contributed by atoms with Gasteiger partial charge in [0.1, 0.15) is 5.69 Å². The van der Waals surface area contributed by atoms with Gasteiger partial charge in [-0.3, -0.25) is 16.0 Å². The van der Waals surface area contributed by atoms with E-state index in [1.807, 2.05) is 13.8 Å². The molecule has 0 radical (unpaired) electrons. The van der Waals surface area contributed by atoms with Crippen LogP contribution in [-0.2, 0) is 10.0 Å². The Morgan fingerprint density at radius 2 is 2.05 bits per heavy atom. The van der Waals surface area contributed by atoms with Crippen LogP contribution >= 0.6 is 0 Å². The Hall–Kier alpha value is -1.71. The van der Waals surface area contributed by atoms with Gasteiger partial charge in [0.05, 0.1) is 9.82 Å². The summed E-state index contributed by atoms with van der Waals surface area (Å²) in [4.78, 5) is 10.2. The molecule has 0 atom stereocenters. The summed E-state index contributed by atoms with van der Waals surface area (Å²) in [5.74, 6) is 5.40. The highest BCUT2D eigenvalue weighted by molar-refractivity contribution is 7.89. The predicted octanol–water partition coefficient (Wildman–Crippen LogP) is 1.55. The molecule has 0 spiro atoms. The maximum atomic E-state index is 12.5. The van der Waals surface area contributed by atoms with Gasteiger partial charge in [0.2, 0.25) is 10.0 Å². The lowest BCUT2D eigenvalue weighted by molar-refractivity contribution is -0.384. The van der Waals surface area contributed by atoms with Crippen LogP contribution in [0.5, 0.6) is 0 Å². The molecular weight excluding hydrogens is 296 g/mol. The average Bonchev–Trinajstić information content (AvgIpc) is 2.43. The SMILES string of the molecule is CCN(CC(C)C)S(=O)(=O)c1ccc([N+](=O)[O-])c(NN)c1. The van der Waals surface area contributed by atoms with E-state index in [-0.39, 0.29) is 22.2 Å². The zero-order chi connectivity index (χ0) is 16.2. The molecule has 0 saturated carbocycles. The van der Waals surface area contributed by atoms with Crippen LogP contribution in [0, 0.1) is 16.0 Å². The van der Waals surface area contributed by atoms with Crippen LogP contribution in [-0.4, -0.2) is 30.7 Å². The lowest BCUT2D eigenvalue weighted by Gasteiger charge is -2.22. The van der Waals surface area contributed by atoms with E-state index in [9.17, 15) is 18.5 Å². The van der Waals surface area contributed by atoms with Crippen molar-refractivity contribution in [3.63, 3.8) is 0 Å². The summed E-state index contributed by atoms with van der Waals surface area (Å²) in [5.41, 5.74) is 1.85. The number of nitrogen functional groups attached to an aromatic ring is 1. The molecule has 0 aliphatic carbocycles. The number of sulfonamides is 1. The van der Waals surface area contributed by atoms with Crippen LogP contribution in [0.15, 0.2) is 23.1 Å². The van der Waals surface area contributed by atoms with Gasteiger partial charge in [0.15, 0.2) is 0 Å². The minimum Gasteiger partial charge on any atom is -0.318 e. The number of nitro benzene ring substituents is 1. The molecule has 1 aromatic carbocycles. The molecule has 0 unspecified atom stereocenters. The van der Waals surface area contributed by atoms with Crippen molar-refractivity contribution in [1.29, 1.82) is 0 Å². The number of nitrogens with two attached hydrogens (primary N) is 1. The van der Waals surface area contributed by atoms with Crippen LogP contribution in [0.4, 0.5) is 11.4 Å². The number of hydrogen-bond donors (Lipinski definition) is 2. The molecule has 21 heavy (non-hydrogen) atoms. The first-order valence-corrected chi connectivity index (χ1v) is 7.93. The maximum absolute atomic E-state index is 12.5. The lowest BCUT2D eigenvalue weighted by atomic mass is 10.2. The Bertz CT molecular complexity index is 616. The number of hydrazine groups is 1. The average molecular weight is 316 g/mol. The molecule has 0 saturated heterocycles. The Balaban J connectivity index is 3.28. The summed E-state index contributed by atoms with van der Waals surface area (Å²) in [7, 11) is -3.71. The second-order valence-corrected chi connectivity index (χ2v) is 6.87. The van der Waals surface area contributed by atoms with Crippen molar-refractivity contribution in [2.75, 3.05) is 18.5 Å². The fourth-order valence-corrected chi connectivity index (χ4v) is 3.54. The summed E-state index contributed by atoms with van der Waals surface area (Å²) in [6, 6.07) is 3.53. The highest BCUT2D eigenvalue weighted by Gasteiger charge is 2.26. The van der Waals surface area contributed by atoms with Crippen molar-refractivity contribution in [2.24, 2.45) is 11.8 Å². The standard InChI is InChI=1S/C12H20N4O4S/c1-4-15(8-9(2)3)21(19,20)10-5-6-12(16(17)18)11(7-10)14-13/h5-7,9,14H,4,8,13H2,1-3H3. The summed E-state index contributed by atoms with van der Waals surface area (Å²) >= 11 is 0. The number of rotatable bonds is 7. The van der Waals surface area contributed by atoms with Gasteiger partial charge in [0, 0.05) is 19.2 Å². The van der Waals surface area contributed by atoms with E-state index in [1.165, 1.54) is 16.4 Å². The van der Waals surface area contributed by atoms with Gasteiger partial charge >= 0.3 is 0 Å². The van der Waals surface area contributed by atoms with Crippen LogP contribution < -0.4 is 11.3 Å². The van der Waals surface area contributed by atoms with E-state index in [4.69, 9.17) is 5.84 Å². The molecule has 0 aromatic heterocycles. The van der Waals surface area contributed by atoms with Crippen LogP contribution in [0.1, 0.15) is 20.8 Å². The van der Waals surface area contributed by atoms with E-state index >= 15 is 0 Å². The third kappa shape index (κ3) is 3.90. The molecule has 0 amide bonds. The normalized spacial score (nSPS) is 11.9. The summed E-state index contributed by atoms with van der Waals surface area (Å²) in [6.07, 6.45) is 0. The Morgan fingerprint density at radius 3 is 2.48 bits per heavy atom. The molecule has 0 aliphatic rings. The third-order valence-corrected chi connectivity index (χ3v) is 4.82. The summed E-state index contributed by atoms with van der Waals surface area (Å²) in [6.45, 7) is 6.28. The zero-order valence-electron chi connectivity index (χ0n) is 12.2. The number of nitro groups is 1. The van der Waals surface area contributed by atoms with Crippen molar-refractivity contribution in [2.45, 2.75) is 25.7 Å². The molecule has 0 bridgehead atoms. The van der Waals surface area contributed by atoms with Crippen molar-refractivity contribution >= 4 is 21.4 Å². The molecule has 0 fully saturated rings. The van der Waals surface area contributed by atoms with Gasteiger partial charge in [-0.1, -0.05) is 20.8 Å². The first-order chi connectivity index (χ1) is 9.73. The van der Waals surface area contributed by atoms with Gasteiger partial charge in [-0.25, -0.2) is 8.42 Å². The van der Waals surface area contributed by atoms with Crippen molar-refractivity contribution in [1.82, 2.24) is 4.31 Å². The number of benzene rings is 1. The highest BCUT2D eigenvalue weighted by atomic mass is 32.2. The second kappa shape index (κ2) is 6.83. The third-order valence-electron chi connectivity index (χ3n) is 2.88. The minimum atomic E-state index is -3.71. The zero-order valence-corrected chi connectivity index (χ0v) is 13.1. The molecule has 0 aliphatic heterocycles. The largest absolute Gasteiger partial charge is 0.318 e. The van der Waals surface area contributed by atoms with Crippen LogP contribution in [0.3, 0.4) is 0 Å². The Labute approximate surface area is 124 Å². The van der Waals surface area contributed by atoms with Crippen LogP contribution in [0.2, 0.25) is 0 Å². The first-order valence-electron chi connectivity index (χ1n) is 6.49. The molecule has 8 nitrogen and oxygen atoms in total. The molecular formula is C12H20N4O4S. The van der Waals surface area contributed by atoms with E-state index in [2.05, 4.69) is 5.43 Å². The number of nitrogens with zero attached hydrogens (tertiary/aromatic N) is 2. The van der Waals surface area contributed by atoms with Crippen molar-refractivity contribution < 1.29 is 13.3 Å². The molecule has 3 N–H and O–H groups in total. The van der Waals surface area contributed by atoms with Gasteiger partial charge in [0.25, 0.3) is 5.69 Å². The smallest absolute Gasteiger partial charge is 0.293 e. The van der Waals surface area contributed by atoms with Gasteiger partial charge in [-0.05, 0) is 18.1 Å². The number of anilines is 1. The quantitative estimate of drug-likeness (QED) is 0.447. The van der Waals surface area contributed by atoms with E-state index in [0.29, 0.717) is 13.1 Å². The Morgan fingerprint density at radius 1 is 1.43 bits per heavy atom. The maximum Gasteiger partial charge on any atom is 0.293 e. The van der Waals surface area contributed by atoms with E-state index in [1.54, 1.807) is 6.92 Å². The monoisotopic (exact) mass is 316 g/mol. The minimum absolute atomic E-state index is 0.0245. The van der Waals surface area contributed by atoms with Gasteiger partial charge in [-0.2, -0.15) is 4.31 Å². The van der Waals surface area contributed by atoms with Crippen molar-refractivity contribution in [3.8, 4) is 0 Å². The fraction of sp³-hybridized carbons (Fsp3) is 0.500. The fourth-order valence-electron chi connectivity index (χ4n) is 1.90. The molecule has 1 aromatic rings. The van der Waals surface area contributed by atoms with E-state index < -0.39 is 14.9 Å². The lowest BCUT2D eigenvalue weighted by Crippen LogP contribution is -2.34. The summed E-state index contributed by atoms with van der Waals surface area (Å²) in [5, 5.41) is 10.8. The van der Waals surface area contributed by atoms with Crippen LogP contribution in [0.25, 0.3) is 0 Å². The number of nitrogens with one attached hydrogen (secondary N) is 1. The number of hydrogen-bond acceptors (Lipinski definition) is 6. The first kappa shape index (κ1) is 17.3.